The maximum atomic E-state index is 11.4. The number of carbonyl (C=O) groups excluding carboxylic acids is 1. The van der Waals surface area contributed by atoms with Crippen molar-refractivity contribution in [2.45, 2.75) is 51.7 Å². The van der Waals surface area contributed by atoms with Gasteiger partial charge in [0, 0.05) is 0 Å². The zero-order valence-electron chi connectivity index (χ0n) is 9.75. The molecule has 1 rings (SSSR count). The van der Waals surface area contributed by atoms with Crippen LogP contribution in [0.3, 0.4) is 0 Å². The van der Waals surface area contributed by atoms with Gasteiger partial charge in [0.1, 0.15) is 5.60 Å². The third kappa shape index (κ3) is 5.62. The molecule has 1 atom stereocenters. The maximum Gasteiger partial charge on any atom is 0.407 e. The van der Waals surface area contributed by atoms with Gasteiger partial charge in [0.25, 0.3) is 0 Å². The van der Waals surface area contributed by atoms with Gasteiger partial charge in [-0.3, -0.25) is 0 Å². The molecule has 0 aromatic rings. The lowest BCUT2D eigenvalue weighted by molar-refractivity contribution is 0.0477. The van der Waals surface area contributed by atoms with Crippen LogP contribution >= 0.6 is 0 Å². The van der Waals surface area contributed by atoms with E-state index in [1.54, 1.807) is 0 Å². The fourth-order valence-electron chi connectivity index (χ4n) is 1.41. The number of aliphatic hydroxyl groups is 1. The molecule has 0 aromatic heterocycles. The van der Waals surface area contributed by atoms with Gasteiger partial charge in [0.05, 0.1) is 12.6 Å². The van der Waals surface area contributed by atoms with E-state index >= 15 is 0 Å². The second-order valence-electron chi connectivity index (χ2n) is 5.20. The molecule has 0 radical (unpaired) electrons. The average molecular weight is 215 g/mol. The van der Waals surface area contributed by atoms with Crippen molar-refractivity contribution in [2.24, 2.45) is 5.92 Å². The van der Waals surface area contributed by atoms with Gasteiger partial charge in [-0.1, -0.05) is 12.8 Å². The van der Waals surface area contributed by atoms with Gasteiger partial charge in [-0.25, -0.2) is 4.79 Å². The molecule has 1 amide bonds. The number of nitrogens with one attached hydrogen (secondary N) is 1. The first kappa shape index (κ1) is 12.3. The Morgan fingerprint density at radius 3 is 2.53 bits per heavy atom. The Hall–Kier alpha value is -0.770. The van der Waals surface area contributed by atoms with Gasteiger partial charge >= 0.3 is 6.09 Å². The van der Waals surface area contributed by atoms with E-state index in [0.717, 1.165) is 6.42 Å². The molecule has 0 bridgehead atoms. The summed E-state index contributed by atoms with van der Waals surface area (Å²) in [5, 5.41) is 11.8. The van der Waals surface area contributed by atoms with Crippen LogP contribution in [0.2, 0.25) is 0 Å². The lowest BCUT2D eigenvalue weighted by Crippen LogP contribution is -2.41. The summed E-state index contributed by atoms with van der Waals surface area (Å²) in [7, 11) is 0. The number of amides is 1. The Balaban J connectivity index is 2.27. The highest BCUT2D eigenvalue weighted by atomic mass is 16.6. The first-order chi connectivity index (χ1) is 6.90. The minimum absolute atomic E-state index is 0.0181. The molecule has 4 heteroatoms. The van der Waals surface area contributed by atoms with E-state index in [1.165, 1.54) is 12.8 Å². The maximum absolute atomic E-state index is 11.4. The quantitative estimate of drug-likeness (QED) is 0.750. The van der Waals surface area contributed by atoms with Crippen LogP contribution in [0.1, 0.15) is 40.0 Å². The zero-order chi connectivity index (χ0) is 11.5. The first-order valence-corrected chi connectivity index (χ1v) is 5.51. The number of aliphatic hydroxyl groups excluding tert-OH is 1. The number of rotatable bonds is 4. The third-order valence-electron chi connectivity index (χ3n) is 2.26. The van der Waals surface area contributed by atoms with E-state index in [9.17, 15) is 4.79 Å². The van der Waals surface area contributed by atoms with E-state index in [2.05, 4.69) is 5.32 Å². The zero-order valence-corrected chi connectivity index (χ0v) is 9.75. The summed E-state index contributed by atoms with van der Waals surface area (Å²) < 4.78 is 5.11. The topological polar surface area (TPSA) is 58.6 Å². The van der Waals surface area contributed by atoms with Gasteiger partial charge < -0.3 is 15.2 Å². The van der Waals surface area contributed by atoms with Gasteiger partial charge in [-0.05, 0) is 33.1 Å². The average Bonchev–Trinajstić information content (AvgIpc) is 2.83. The van der Waals surface area contributed by atoms with Crippen molar-refractivity contribution < 1.29 is 14.6 Å². The van der Waals surface area contributed by atoms with E-state index in [4.69, 9.17) is 9.84 Å². The second-order valence-corrected chi connectivity index (χ2v) is 5.20. The molecule has 0 heterocycles. The molecular weight excluding hydrogens is 194 g/mol. The van der Waals surface area contributed by atoms with Gasteiger partial charge in [-0.15, -0.1) is 0 Å². The molecule has 4 nitrogen and oxygen atoms in total. The van der Waals surface area contributed by atoms with E-state index in [-0.39, 0.29) is 12.6 Å². The molecule has 1 fully saturated rings. The molecule has 1 aliphatic rings. The number of alkyl carbamates (subject to hydrolysis) is 1. The Labute approximate surface area is 91.0 Å². The monoisotopic (exact) mass is 215 g/mol. The SMILES string of the molecule is CC(C)(C)OC(=O)N[C@@H](CO)CC1CC1. The number of ether oxygens (including phenoxy) is 1. The van der Waals surface area contributed by atoms with Crippen LogP contribution in [0.15, 0.2) is 0 Å². The van der Waals surface area contributed by atoms with Crippen LogP contribution in [0, 0.1) is 5.92 Å². The number of hydrogen-bond donors (Lipinski definition) is 2. The molecule has 1 saturated carbocycles. The van der Waals surface area contributed by atoms with Crippen molar-refractivity contribution in [2.75, 3.05) is 6.61 Å². The van der Waals surface area contributed by atoms with Gasteiger partial charge in [0.15, 0.2) is 0 Å². The fraction of sp³-hybridized carbons (Fsp3) is 0.909. The minimum Gasteiger partial charge on any atom is -0.444 e. The fourth-order valence-corrected chi connectivity index (χ4v) is 1.41. The minimum atomic E-state index is -0.482. The van der Waals surface area contributed by atoms with Crippen LogP contribution in [0.4, 0.5) is 4.79 Å². The molecule has 0 saturated heterocycles. The Kier molecular flexibility index (Phi) is 3.97. The van der Waals surface area contributed by atoms with E-state index < -0.39 is 11.7 Å². The summed E-state index contributed by atoms with van der Waals surface area (Å²) in [6, 6.07) is -0.160. The molecule has 88 valence electrons. The number of carbonyl (C=O) groups is 1. The van der Waals surface area contributed by atoms with E-state index in [0.29, 0.717) is 5.92 Å². The van der Waals surface area contributed by atoms with Crippen LogP contribution in [0.5, 0.6) is 0 Å². The van der Waals surface area contributed by atoms with Crippen LogP contribution in [-0.4, -0.2) is 29.4 Å². The van der Waals surface area contributed by atoms with Gasteiger partial charge in [0.2, 0.25) is 0 Å². The Morgan fingerprint density at radius 1 is 1.53 bits per heavy atom. The van der Waals surface area contributed by atoms with Gasteiger partial charge in [-0.2, -0.15) is 0 Å². The Morgan fingerprint density at radius 2 is 2.13 bits per heavy atom. The smallest absolute Gasteiger partial charge is 0.407 e. The summed E-state index contributed by atoms with van der Waals surface area (Å²) in [6.07, 6.45) is 2.84. The van der Waals surface area contributed by atoms with Crippen LogP contribution in [-0.2, 0) is 4.74 Å². The molecule has 15 heavy (non-hydrogen) atoms. The summed E-state index contributed by atoms with van der Waals surface area (Å²) in [4.78, 5) is 11.4. The highest BCUT2D eigenvalue weighted by molar-refractivity contribution is 5.68. The van der Waals surface area contributed by atoms with Crippen molar-refractivity contribution in [3.63, 3.8) is 0 Å². The summed E-state index contributed by atoms with van der Waals surface area (Å²) in [5.41, 5.74) is -0.482. The van der Waals surface area contributed by atoms with E-state index in [1.807, 2.05) is 20.8 Å². The third-order valence-corrected chi connectivity index (χ3v) is 2.26. The normalized spacial score (nSPS) is 18.4. The van der Waals surface area contributed by atoms with Crippen molar-refractivity contribution in [3.8, 4) is 0 Å². The lowest BCUT2D eigenvalue weighted by Gasteiger charge is -2.22. The van der Waals surface area contributed by atoms with Crippen molar-refractivity contribution in [3.05, 3.63) is 0 Å². The number of hydrogen-bond acceptors (Lipinski definition) is 3. The van der Waals surface area contributed by atoms with Crippen molar-refractivity contribution in [1.29, 1.82) is 0 Å². The highest BCUT2D eigenvalue weighted by Crippen LogP contribution is 2.33. The second kappa shape index (κ2) is 4.84. The van der Waals surface area contributed by atoms with Crippen LogP contribution < -0.4 is 5.32 Å². The molecule has 0 aromatic carbocycles. The van der Waals surface area contributed by atoms with Crippen LogP contribution in [0.25, 0.3) is 0 Å². The standard InChI is InChI=1S/C11H21NO3/c1-11(2,3)15-10(14)12-9(7-13)6-8-4-5-8/h8-9,13H,4-7H2,1-3H3,(H,12,14)/t9-/m1/s1. The molecule has 2 N–H and O–H groups in total. The molecule has 0 aliphatic heterocycles. The Bertz CT molecular complexity index is 218. The summed E-state index contributed by atoms with van der Waals surface area (Å²) in [5.74, 6) is 0.678. The summed E-state index contributed by atoms with van der Waals surface area (Å²) >= 11 is 0. The molecular formula is C11H21NO3. The highest BCUT2D eigenvalue weighted by Gasteiger charge is 2.27. The van der Waals surface area contributed by atoms with Crippen molar-refractivity contribution in [1.82, 2.24) is 5.32 Å². The predicted molar refractivity (Wildman–Crippen MR) is 57.6 cm³/mol. The molecule has 0 unspecified atom stereocenters. The largest absolute Gasteiger partial charge is 0.444 e. The summed E-state index contributed by atoms with van der Waals surface area (Å²) in [6.45, 7) is 5.44. The molecule has 1 aliphatic carbocycles. The molecule has 0 spiro atoms. The predicted octanol–water partition coefficient (Wildman–Crippen LogP) is 1.67. The lowest BCUT2D eigenvalue weighted by atomic mass is 10.1. The van der Waals surface area contributed by atoms with Crippen molar-refractivity contribution >= 4 is 6.09 Å². The first-order valence-electron chi connectivity index (χ1n) is 5.51.